The molecule has 0 aromatic rings. The average molecular weight is 240 g/mol. The van der Waals surface area contributed by atoms with Gasteiger partial charge in [-0.3, -0.25) is 0 Å². The second-order valence-corrected chi connectivity index (χ2v) is 8.16. The van der Waals surface area contributed by atoms with E-state index in [0.717, 1.165) is 0 Å². The Hall–Kier alpha value is 0.594. The SMILES string of the molecule is CC(C)[O][Ti]([CH3])([O]C(C)C)[O]C(C)C. The van der Waals surface area contributed by atoms with E-state index in [1.54, 1.807) is 0 Å². The van der Waals surface area contributed by atoms with Crippen molar-refractivity contribution in [3.63, 3.8) is 0 Å². The van der Waals surface area contributed by atoms with Gasteiger partial charge in [-0.05, 0) is 0 Å². The molecule has 0 aromatic heterocycles. The molecular formula is C10H24O3Ti. The van der Waals surface area contributed by atoms with E-state index < -0.39 is 17.8 Å². The summed E-state index contributed by atoms with van der Waals surface area (Å²) in [6, 6.07) is 0. The quantitative estimate of drug-likeness (QED) is 0.667. The molecule has 0 aliphatic rings. The van der Waals surface area contributed by atoms with Crippen LogP contribution in [0.1, 0.15) is 41.5 Å². The van der Waals surface area contributed by atoms with Crippen LogP contribution in [0.4, 0.5) is 0 Å². The first kappa shape index (κ1) is 14.6. The van der Waals surface area contributed by atoms with E-state index in [2.05, 4.69) is 0 Å². The number of hydrogen-bond donors (Lipinski definition) is 0. The Balaban J connectivity index is 4.32. The van der Waals surface area contributed by atoms with Crippen molar-refractivity contribution < 1.29 is 27.7 Å². The summed E-state index contributed by atoms with van der Waals surface area (Å²) in [5, 5.41) is 2.00. The van der Waals surface area contributed by atoms with Crippen molar-refractivity contribution in [2.24, 2.45) is 0 Å². The van der Waals surface area contributed by atoms with Crippen LogP contribution in [0.25, 0.3) is 0 Å². The van der Waals surface area contributed by atoms with E-state index in [-0.39, 0.29) is 18.3 Å². The van der Waals surface area contributed by atoms with Gasteiger partial charge in [0.05, 0.1) is 0 Å². The molecule has 0 spiro atoms. The van der Waals surface area contributed by atoms with Crippen molar-refractivity contribution >= 4 is 0 Å². The molecule has 0 fully saturated rings. The minimum absolute atomic E-state index is 0.164. The van der Waals surface area contributed by atoms with Crippen LogP contribution in [0.3, 0.4) is 0 Å². The van der Waals surface area contributed by atoms with Gasteiger partial charge in [-0.15, -0.1) is 0 Å². The summed E-state index contributed by atoms with van der Waals surface area (Å²) in [5.41, 5.74) is 0. The molecule has 0 aliphatic carbocycles. The van der Waals surface area contributed by atoms with Crippen LogP contribution >= 0.6 is 0 Å². The van der Waals surface area contributed by atoms with Gasteiger partial charge in [0, 0.05) is 0 Å². The van der Waals surface area contributed by atoms with E-state index in [0.29, 0.717) is 0 Å². The Bertz CT molecular complexity index is 131. The zero-order valence-corrected chi connectivity index (χ0v) is 12.0. The van der Waals surface area contributed by atoms with Crippen molar-refractivity contribution in [3.05, 3.63) is 0 Å². The summed E-state index contributed by atoms with van der Waals surface area (Å²) in [6.45, 7) is 12.1. The molecule has 0 heterocycles. The molecule has 0 aliphatic heterocycles. The van der Waals surface area contributed by atoms with E-state index in [1.165, 1.54) is 0 Å². The van der Waals surface area contributed by atoms with Gasteiger partial charge in [-0.1, -0.05) is 0 Å². The van der Waals surface area contributed by atoms with E-state index >= 15 is 0 Å². The van der Waals surface area contributed by atoms with Crippen LogP contribution in [-0.2, 0) is 27.7 Å². The first-order valence-corrected chi connectivity index (χ1v) is 8.76. The third kappa shape index (κ3) is 6.96. The monoisotopic (exact) mass is 240 g/mol. The zero-order valence-electron chi connectivity index (χ0n) is 10.5. The van der Waals surface area contributed by atoms with Gasteiger partial charge in [0.25, 0.3) is 0 Å². The molecule has 0 rings (SSSR count). The van der Waals surface area contributed by atoms with Crippen LogP contribution in [0.15, 0.2) is 0 Å². The summed E-state index contributed by atoms with van der Waals surface area (Å²) >= 11 is -2.97. The average Bonchev–Trinajstić information content (AvgIpc) is 1.76. The molecule has 0 saturated heterocycles. The molecule has 0 aromatic carbocycles. The summed E-state index contributed by atoms with van der Waals surface area (Å²) in [6.07, 6.45) is 0.493. The van der Waals surface area contributed by atoms with Gasteiger partial charge in [0.1, 0.15) is 0 Å². The van der Waals surface area contributed by atoms with E-state index in [1.807, 2.05) is 46.8 Å². The molecule has 3 nitrogen and oxygen atoms in total. The molecule has 0 atom stereocenters. The van der Waals surface area contributed by atoms with Crippen LogP contribution in [0.5, 0.6) is 0 Å². The van der Waals surface area contributed by atoms with Crippen molar-refractivity contribution in [2.75, 3.05) is 0 Å². The number of rotatable bonds is 6. The van der Waals surface area contributed by atoms with Crippen molar-refractivity contribution in [2.45, 2.75) is 65.1 Å². The fourth-order valence-electron chi connectivity index (χ4n) is 1.37. The molecule has 4 heteroatoms. The zero-order chi connectivity index (χ0) is 11.4. The summed E-state index contributed by atoms with van der Waals surface area (Å²) in [5.74, 6) is 0. The Labute approximate surface area is 92.9 Å². The van der Waals surface area contributed by atoms with E-state index in [4.69, 9.17) is 9.96 Å². The molecule has 0 unspecified atom stereocenters. The standard InChI is InChI=1S/3C3H7O.CH3.Ti/c3*1-3(2)4;;/h3*3H,1-2H3;1H3;/q3*-1;;+3. The van der Waals surface area contributed by atoms with E-state index in [9.17, 15) is 0 Å². The third-order valence-electron chi connectivity index (χ3n) is 1.35. The van der Waals surface area contributed by atoms with Gasteiger partial charge < -0.3 is 0 Å². The van der Waals surface area contributed by atoms with Crippen LogP contribution in [0, 0.1) is 0 Å². The van der Waals surface area contributed by atoms with Gasteiger partial charge in [0.15, 0.2) is 0 Å². The molecular weight excluding hydrogens is 216 g/mol. The van der Waals surface area contributed by atoms with Gasteiger partial charge in [-0.25, -0.2) is 0 Å². The Morgan fingerprint density at radius 3 is 1.00 bits per heavy atom. The molecule has 0 bridgehead atoms. The van der Waals surface area contributed by atoms with Crippen LogP contribution in [-0.4, -0.2) is 18.3 Å². The van der Waals surface area contributed by atoms with Gasteiger partial charge in [-0.2, -0.15) is 0 Å². The fraction of sp³-hybridized carbons (Fsp3) is 1.00. The Morgan fingerprint density at radius 1 is 0.643 bits per heavy atom. The Kier molecular flexibility index (Phi) is 6.50. The molecule has 0 saturated carbocycles. The summed E-state index contributed by atoms with van der Waals surface area (Å²) in [7, 11) is 0. The molecule has 14 heavy (non-hydrogen) atoms. The van der Waals surface area contributed by atoms with Gasteiger partial charge in [0.2, 0.25) is 0 Å². The summed E-state index contributed by atoms with van der Waals surface area (Å²) < 4.78 is 17.4. The predicted molar refractivity (Wildman–Crippen MR) is 54.5 cm³/mol. The van der Waals surface area contributed by atoms with Gasteiger partial charge >= 0.3 is 92.8 Å². The predicted octanol–water partition coefficient (Wildman–Crippen LogP) is 3.21. The van der Waals surface area contributed by atoms with Crippen molar-refractivity contribution in [1.82, 2.24) is 0 Å². The van der Waals surface area contributed by atoms with Crippen molar-refractivity contribution in [3.8, 4) is 0 Å². The van der Waals surface area contributed by atoms with Crippen molar-refractivity contribution in [1.29, 1.82) is 0 Å². The first-order chi connectivity index (χ1) is 6.25. The second kappa shape index (κ2) is 6.24. The van der Waals surface area contributed by atoms with Crippen LogP contribution < -0.4 is 0 Å². The summed E-state index contributed by atoms with van der Waals surface area (Å²) in [4.78, 5) is 0. The maximum atomic E-state index is 5.80. The molecule has 0 amide bonds. The topological polar surface area (TPSA) is 27.7 Å². The normalized spacial score (nSPS) is 13.3. The second-order valence-electron chi connectivity index (χ2n) is 4.36. The fourth-order valence-corrected chi connectivity index (χ4v) is 5.64. The Morgan fingerprint density at radius 2 is 0.857 bits per heavy atom. The molecule has 0 radical (unpaired) electrons. The first-order valence-electron chi connectivity index (χ1n) is 5.28. The third-order valence-corrected chi connectivity index (χ3v) is 5.56. The van der Waals surface area contributed by atoms with Crippen LogP contribution in [0.2, 0.25) is 5.23 Å². The molecule has 86 valence electrons. The number of hydrogen-bond acceptors (Lipinski definition) is 3. The maximum absolute atomic E-state index is 5.80. The molecule has 0 N–H and O–H groups in total. The minimum atomic E-state index is -2.97.